The average molecular weight is 499 g/mol. The van der Waals surface area contributed by atoms with E-state index in [0.717, 1.165) is 26.5 Å². The molecule has 34 heavy (non-hydrogen) atoms. The van der Waals surface area contributed by atoms with Gasteiger partial charge in [0.25, 0.3) is 5.56 Å². The minimum atomic E-state index is -0.314. The second kappa shape index (κ2) is 9.16. The first-order valence-corrected chi connectivity index (χ1v) is 13.1. The summed E-state index contributed by atoms with van der Waals surface area (Å²) in [5.74, 6) is 0.569. The smallest absolute Gasteiger partial charge is 0.316 e. The molecule has 0 saturated carbocycles. The van der Waals surface area contributed by atoms with Crippen LogP contribution in [0.4, 0.5) is 0 Å². The summed E-state index contributed by atoms with van der Waals surface area (Å²) in [5.41, 5.74) is 2.77. The van der Waals surface area contributed by atoms with Crippen molar-refractivity contribution in [1.29, 1.82) is 0 Å². The third kappa shape index (κ3) is 3.93. The zero-order valence-corrected chi connectivity index (χ0v) is 21.2. The molecular weight excluding hydrogens is 472 g/mol. The van der Waals surface area contributed by atoms with Crippen LogP contribution in [-0.4, -0.2) is 43.6 Å². The highest BCUT2D eigenvalue weighted by molar-refractivity contribution is 7.99. The van der Waals surface area contributed by atoms with Gasteiger partial charge in [-0.15, -0.1) is 21.5 Å². The van der Waals surface area contributed by atoms with Crippen LogP contribution < -0.4 is 5.56 Å². The van der Waals surface area contributed by atoms with Crippen LogP contribution in [0.5, 0.6) is 0 Å². The van der Waals surface area contributed by atoms with E-state index in [2.05, 4.69) is 24.0 Å². The molecule has 0 unspecified atom stereocenters. The predicted molar refractivity (Wildman–Crippen MR) is 133 cm³/mol. The number of thioether (sulfide) groups is 1. The van der Waals surface area contributed by atoms with Crippen LogP contribution in [0.2, 0.25) is 0 Å². The number of ether oxygens (including phenoxy) is 2. The van der Waals surface area contributed by atoms with Gasteiger partial charge in [0.2, 0.25) is 5.78 Å². The fourth-order valence-electron chi connectivity index (χ4n) is 4.21. The standard InChI is InChI=1S/C24H26N4O4S2/c1-5-31-19(29)12-33-24-26-25-23-27(15-8-6-14(4)7-9-15)21(30)20-16-10-17(13(2)3)32-11-18(16)34-22(20)28(23)24/h6-9,13,17H,5,10-12H2,1-4H3/t17-/m1/s1. The third-order valence-electron chi connectivity index (χ3n) is 6.00. The molecule has 8 nitrogen and oxygen atoms in total. The molecule has 1 atom stereocenters. The van der Waals surface area contributed by atoms with Gasteiger partial charge >= 0.3 is 5.97 Å². The number of rotatable bonds is 6. The van der Waals surface area contributed by atoms with Gasteiger partial charge in [-0.1, -0.05) is 43.3 Å². The zero-order valence-electron chi connectivity index (χ0n) is 19.5. The molecule has 0 bridgehead atoms. The molecule has 3 aromatic heterocycles. The molecule has 0 radical (unpaired) electrons. The van der Waals surface area contributed by atoms with E-state index in [9.17, 15) is 9.59 Å². The lowest BCUT2D eigenvalue weighted by Gasteiger charge is -2.26. The van der Waals surface area contributed by atoms with Crippen LogP contribution in [0.3, 0.4) is 0 Å². The van der Waals surface area contributed by atoms with E-state index in [4.69, 9.17) is 9.47 Å². The first-order valence-electron chi connectivity index (χ1n) is 11.3. The van der Waals surface area contributed by atoms with Gasteiger partial charge in [-0.2, -0.15) is 0 Å². The van der Waals surface area contributed by atoms with Crippen molar-refractivity contribution in [1.82, 2.24) is 19.2 Å². The van der Waals surface area contributed by atoms with Crippen LogP contribution in [0.25, 0.3) is 21.7 Å². The number of hydrogen-bond donors (Lipinski definition) is 0. The fourth-order valence-corrected chi connectivity index (χ4v) is 6.24. The number of hydrogen-bond acceptors (Lipinski definition) is 8. The molecule has 0 N–H and O–H groups in total. The minimum Gasteiger partial charge on any atom is -0.465 e. The van der Waals surface area contributed by atoms with E-state index in [1.165, 1.54) is 11.8 Å². The molecule has 5 rings (SSSR count). The Morgan fingerprint density at radius 2 is 2.06 bits per heavy atom. The van der Waals surface area contributed by atoms with Gasteiger partial charge in [-0.05, 0) is 37.5 Å². The Kier molecular flexibility index (Phi) is 6.22. The molecular formula is C24H26N4O4S2. The Balaban J connectivity index is 1.76. The van der Waals surface area contributed by atoms with E-state index < -0.39 is 0 Å². The van der Waals surface area contributed by atoms with E-state index >= 15 is 0 Å². The number of esters is 1. The van der Waals surface area contributed by atoms with E-state index in [-0.39, 0.29) is 23.4 Å². The SMILES string of the molecule is CCOC(=O)CSc1nnc2n(-c3ccc(C)cc3)c(=O)c3c4c(sc3n12)CO[C@@H](C(C)C)C4. The van der Waals surface area contributed by atoms with Gasteiger partial charge in [0.1, 0.15) is 4.83 Å². The van der Waals surface area contributed by atoms with Crippen LogP contribution in [0.15, 0.2) is 34.2 Å². The van der Waals surface area contributed by atoms with E-state index in [1.807, 2.05) is 35.6 Å². The number of thiophene rings is 1. The molecule has 1 aliphatic rings. The number of carbonyl (C=O) groups excluding carboxylic acids is 1. The molecule has 1 aliphatic heterocycles. The zero-order chi connectivity index (χ0) is 24.0. The Morgan fingerprint density at radius 1 is 1.29 bits per heavy atom. The number of carbonyl (C=O) groups is 1. The lowest BCUT2D eigenvalue weighted by atomic mass is 9.96. The molecule has 178 valence electrons. The average Bonchev–Trinajstić information content (AvgIpc) is 3.40. The Morgan fingerprint density at radius 3 is 2.76 bits per heavy atom. The molecule has 4 heterocycles. The van der Waals surface area contributed by atoms with Gasteiger partial charge in [-0.3, -0.25) is 9.59 Å². The molecule has 0 aliphatic carbocycles. The topological polar surface area (TPSA) is 87.7 Å². The van der Waals surface area contributed by atoms with Crippen molar-refractivity contribution in [3.8, 4) is 5.69 Å². The summed E-state index contributed by atoms with van der Waals surface area (Å²) in [5, 5.41) is 9.97. The third-order valence-corrected chi connectivity index (χ3v) is 8.10. The maximum atomic E-state index is 14.0. The summed E-state index contributed by atoms with van der Waals surface area (Å²) in [6.07, 6.45) is 0.751. The monoisotopic (exact) mass is 498 g/mol. The van der Waals surface area contributed by atoms with E-state index in [1.54, 1.807) is 22.8 Å². The van der Waals surface area contributed by atoms with Crippen molar-refractivity contribution < 1.29 is 14.3 Å². The molecule has 4 aromatic rings. The summed E-state index contributed by atoms with van der Waals surface area (Å²) < 4.78 is 14.7. The maximum Gasteiger partial charge on any atom is 0.316 e. The summed E-state index contributed by atoms with van der Waals surface area (Å²) in [6.45, 7) is 8.87. The van der Waals surface area contributed by atoms with Gasteiger partial charge in [0.05, 0.1) is 36.1 Å². The number of nitrogens with zero attached hydrogens (tertiary/aromatic N) is 4. The second-order valence-electron chi connectivity index (χ2n) is 8.67. The molecule has 0 saturated heterocycles. The first-order chi connectivity index (χ1) is 16.4. The summed E-state index contributed by atoms with van der Waals surface area (Å²) in [6, 6.07) is 7.78. The Bertz CT molecular complexity index is 1440. The Labute approximate surface area is 204 Å². The quantitative estimate of drug-likeness (QED) is 0.291. The highest BCUT2D eigenvalue weighted by Gasteiger charge is 2.30. The summed E-state index contributed by atoms with van der Waals surface area (Å²) in [4.78, 5) is 27.8. The summed E-state index contributed by atoms with van der Waals surface area (Å²) >= 11 is 2.80. The Hall–Kier alpha value is -2.69. The lowest BCUT2D eigenvalue weighted by molar-refractivity contribution is -0.139. The van der Waals surface area contributed by atoms with Crippen LogP contribution in [0.1, 0.15) is 36.8 Å². The first kappa shape index (κ1) is 23.1. The number of benzene rings is 1. The second-order valence-corrected chi connectivity index (χ2v) is 10.7. The van der Waals surface area contributed by atoms with Crippen molar-refractivity contribution >= 4 is 45.1 Å². The maximum absolute atomic E-state index is 14.0. The number of aryl methyl sites for hydroxylation is 1. The number of fused-ring (bicyclic) bond motifs is 5. The van der Waals surface area contributed by atoms with E-state index in [0.29, 0.717) is 41.9 Å². The van der Waals surface area contributed by atoms with Crippen molar-refractivity contribution in [2.75, 3.05) is 12.4 Å². The molecule has 0 spiro atoms. The largest absolute Gasteiger partial charge is 0.465 e. The highest BCUT2D eigenvalue weighted by atomic mass is 32.2. The van der Waals surface area contributed by atoms with Gasteiger partial charge in [0.15, 0.2) is 5.16 Å². The van der Waals surface area contributed by atoms with Crippen molar-refractivity contribution in [2.45, 2.75) is 52.0 Å². The fraction of sp³-hybridized carbons (Fsp3) is 0.417. The van der Waals surface area contributed by atoms with Crippen LogP contribution in [-0.2, 0) is 27.3 Å². The molecule has 0 fully saturated rings. The van der Waals surface area contributed by atoms with Crippen LogP contribution in [0, 0.1) is 12.8 Å². The molecule has 0 amide bonds. The van der Waals surface area contributed by atoms with Crippen molar-refractivity contribution in [2.24, 2.45) is 5.92 Å². The van der Waals surface area contributed by atoms with Crippen LogP contribution >= 0.6 is 23.1 Å². The minimum absolute atomic E-state index is 0.0618. The highest BCUT2D eigenvalue weighted by Crippen LogP contribution is 2.37. The lowest BCUT2D eigenvalue weighted by Crippen LogP contribution is -2.28. The molecule has 1 aromatic carbocycles. The number of aromatic nitrogens is 4. The van der Waals surface area contributed by atoms with Gasteiger partial charge in [-0.25, -0.2) is 8.97 Å². The summed E-state index contributed by atoms with van der Waals surface area (Å²) in [7, 11) is 0. The van der Waals surface area contributed by atoms with Crippen molar-refractivity contribution in [3.63, 3.8) is 0 Å². The van der Waals surface area contributed by atoms with Gasteiger partial charge in [0, 0.05) is 11.3 Å². The predicted octanol–water partition coefficient (Wildman–Crippen LogP) is 4.16. The molecule has 10 heteroatoms. The van der Waals surface area contributed by atoms with Crippen molar-refractivity contribution in [3.05, 3.63) is 50.6 Å². The van der Waals surface area contributed by atoms with Gasteiger partial charge < -0.3 is 9.47 Å². The normalized spacial score (nSPS) is 15.9.